The molecule has 0 radical (unpaired) electrons. The summed E-state index contributed by atoms with van der Waals surface area (Å²) in [6.07, 6.45) is -0.360. The molecule has 0 aromatic rings. The normalized spacial score (nSPS) is 12.9. The summed E-state index contributed by atoms with van der Waals surface area (Å²) in [5, 5.41) is 2.67. The van der Waals surface area contributed by atoms with Crippen molar-refractivity contribution in [3.05, 3.63) is 0 Å². The molecule has 3 heteroatoms. The Balaban J connectivity index is 3.57. The number of methoxy groups -OCH3 is 1. The van der Waals surface area contributed by atoms with Crippen molar-refractivity contribution in [2.24, 2.45) is 5.92 Å². The van der Waals surface area contributed by atoms with Crippen LogP contribution >= 0.6 is 0 Å². The molecule has 0 spiro atoms. The molecule has 0 aliphatic carbocycles. The molecule has 0 fully saturated rings. The molecule has 1 unspecified atom stereocenters. The molecular weight excluding hydrogens is 130 g/mol. The van der Waals surface area contributed by atoms with E-state index >= 15 is 0 Å². The summed E-state index contributed by atoms with van der Waals surface area (Å²) in [6.45, 7) is 6.03. The average Bonchev–Trinajstić information content (AvgIpc) is 1.87. The van der Waals surface area contributed by atoms with Crippen LogP contribution in [0, 0.1) is 5.92 Å². The third-order valence-corrected chi connectivity index (χ3v) is 1.53. The van der Waals surface area contributed by atoms with E-state index in [-0.39, 0.29) is 12.1 Å². The van der Waals surface area contributed by atoms with Gasteiger partial charge in [0.25, 0.3) is 0 Å². The Bertz CT molecular complexity index is 112. The van der Waals surface area contributed by atoms with E-state index in [1.807, 2.05) is 20.8 Å². The van der Waals surface area contributed by atoms with Crippen molar-refractivity contribution in [1.29, 1.82) is 0 Å². The minimum Gasteiger partial charge on any atom is -0.453 e. The molecule has 0 heterocycles. The lowest BCUT2D eigenvalue weighted by Gasteiger charge is -2.15. The lowest BCUT2D eigenvalue weighted by molar-refractivity contribution is 0.164. The second-order valence-electron chi connectivity index (χ2n) is 2.67. The van der Waals surface area contributed by atoms with E-state index in [1.165, 1.54) is 7.11 Å². The smallest absolute Gasteiger partial charge is 0.407 e. The SMILES string of the molecule is COC(=O)NC(C)C(C)C. The van der Waals surface area contributed by atoms with Crippen LogP contribution in [-0.2, 0) is 4.74 Å². The van der Waals surface area contributed by atoms with Crippen molar-refractivity contribution < 1.29 is 9.53 Å². The monoisotopic (exact) mass is 145 g/mol. The van der Waals surface area contributed by atoms with Gasteiger partial charge in [-0.15, -0.1) is 0 Å². The van der Waals surface area contributed by atoms with Crippen LogP contribution in [0.3, 0.4) is 0 Å². The molecule has 0 aliphatic rings. The van der Waals surface area contributed by atoms with Gasteiger partial charge in [0, 0.05) is 6.04 Å². The van der Waals surface area contributed by atoms with Gasteiger partial charge in [-0.05, 0) is 12.8 Å². The standard InChI is InChI=1S/C7H15NO2/c1-5(2)6(3)8-7(9)10-4/h5-6H,1-4H3,(H,8,9). The summed E-state index contributed by atoms with van der Waals surface area (Å²) >= 11 is 0. The van der Waals surface area contributed by atoms with E-state index in [2.05, 4.69) is 10.1 Å². The van der Waals surface area contributed by atoms with E-state index in [0.29, 0.717) is 5.92 Å². The van der Waals surface area contributed by atoms with Crippen molar-refractivity contribution in [3.63, 3.8) is 0 Å². The van der Waals surface area contributed by atoms with Crippen molar-refractivity contribution in [2.75, 3.05) is 7.11 Å². The molecule has 60 valence electrons. The number of amides is 1. The first-order valence-electron chi connectivity index (χ1n) is 3.42. The molecule has 0 aliphatic heterocycles. The molecule has 0 aromatic heterocycles. The summed E-state index contributed by atoms with van der Waals surface area (Å²) in [4.78, 5) is 10.6. The van der Waals surface area contributed by atoms with Gasteiger partial charge in [-0.25, -0.2) is 4.79 Å². The zero-order chi connectivity index (χ0) is 8.15. The quantitative estimate of drug-likeness (QED) is 0.637. The van der Waals surface area contributed by atoms with Gasteiger partial charge in [0.05, 0.1) is 7.11 Å². The molecule has 1 atom stereocenters. The lowest BCUT2D eigenvalue weighted by Crippen LogP contribution is -2.35. The summed E-state index contributed by atoms with van der Waals surface area (Å²) in [7, 11) is 1.36. The Labute approximate surface area is 61.8 Å². The maximum Gasteiger partial charge on any atom is 0.407 e. The fourth-order valence-corrected chi connectivity index (χ4v) is 0.411. The van der Waals surface area contributed by atoms with E-state index in [9.17, 15) is 4.79 Å². The van der Waals surface area contributed by atoms with Crippen LogP contribution in [0.5, 0.6) is 0 Å². The van der Waals surface area contributed by atoms with E-state index in [0.717, 1.165) is 0 Å². The number of hydrogen-bond donors (Lipinski definition) is 1. The number of carbonyl (C=O) groups excluding carboxylic acids is 1. The van der Waals surface area contributed by atoms with Crippen LogP contribution in [0.2, 0.25) is 0 Å². The molecule has 3 nitrogen and oxygen atoms in total. The minimum absolute atomic E-state index is 0.174. The van der Waals surface area contributed by atoms with Gasteiger partial charge >= 0.3 is 6.09 Å². The second-order valence-corrected chi connectivity index (χ2v) is 2.67. The van der Waals surface area contributed by atoms with E-state index in [1.54, 1.807) is 0 Å². The molecule has 0 aromatic carbocycles. The van der Waals surface area contributed by atoms with E-state index in [4.69, 9.17) is 0 Å². The number of carbonyl (C=O) groups is 1. The Morgan fingerprint density at radius 1 is 1.40 bits per heavy atom. The fourth-order valence-electron chi connectivity index (χ4n) is 0.411. The van der Waals surface area contributed by atoms with Crippen LogP contribution in [0.4, 0.5) is 4.79 Å². The number of hydrogen-bond acceptors (Lipinski definition) is 2. The Hall–Kier alpha value is -0.730. The molecule has 0 saturated carbocycles. The van der Waals surface area contributed by atoms with Crippen molar-refractivity contribution in [3.8, 4) is 0 Å². The lowest BCUT2D eigenvalue weighted by atomic mass is 10.1. The summed E-state index contributed by atoms with van der Waals surface area (Å²) in [5.74, 6) is 0.444. The van der Waals surface area contributed by atoms with Crippen LogP contribution in [-0.4, -0.2) is 19.2 Å². The Morgan fingerprint density at radius 2 is 1.90 bits per heavy atom. The van der Waals surface area contributed by atoms with Crippen molar-refractivity contribution in [2.45, 2.75) is 26.8 Å². The fraction of sp³-hybridized carbons (Fsp3) is 0.857. The number of nitrogens with one attached hydrogen (secondary N) is 1. The van der Waals surface area contributed by atoms with Crippen LogP contribution in [0.25, 0.3) is 0 Å². The highest BCUT2D eigenvalue weighted by Gasteiger charge is 2.09. The second kappa shape index (κ2) is 4.14. The van der Waals surface area contributed by atoms with Crippen molar-refractivity contribution >= 4 is 6.09 Å². The summed E-state index contributed by atoms with van der Waals surface area (Å²) in [6, 6.07) is 0.174. The number of ether oxygens (including phenoxy) is 1. The molecule has 1 N–H and O–H groups in total. The number of alkyl carbamates (subject to hydrolysis) is 1. The number of rotatable bonds is 2. The van der Waals surface area contributed by atoms with Gasteiger partial charge in [-0.1, -0.05) is 13.8 Å². The highest BCUT2D eigenvalue weighted by atomic mass is 16.5. The molecule has 0 rings (SSSR count). The largest absolute Gasteiger partial charge is 0.453 e. The first kappa shape index (κ1) is 9.27. The third-order valence-electron chi connectivity index (χ3n) is 1.53. The van der Waals surface area contributed by atoms with Gasteiger partial charge in [-0.3, -0.25) is 0 Å². The third kappa shape index (κ3) is 3.33. The highest BCUT2D eigenvalue weighted by Crippen LogP contribution is 1.99. The van der Waals surface area contributed by atoms with Gasteiger partial charge < -0.3 is 10.1 Å². The molecule has 1 amide bonds. The van der Waals surface area contributed by atoms with Gasteiger partial charge in [0.2, 0.25) is 0 Å². The van der Waals surface area contributed by atoms with Gasteiger partial charge in [0.15, 0.2) is 0 Å². The maximum absolute atomic E-state index is 10.6. The predicted molar refractivity (Wildman–Crippen MR) is 39.8 cm³/mol. The minimum atomic E-state index is -0.360. The summed E-state index contributed by atoms with van der Waals surface area (Å²) < 4.78 is 4.42. The maximum atomic E-state index is 10.6. The van der Waals surface area contributed by atoms with Gasteiger partial charge in [-0.2, -0.15) is 0 Å². The molecule has 0 saturated heterocycles. The topological polar surface area (TPSA) is 38.3 Å². The van der Waals surface area contributed by atoms with Crippen molar-refractivity contribution in [1.82, 2.24) is 5.32 Å². The van der Waals surface area contributed by atoms with Crippen LogP contribution in [0.1, 0.15) is 20.8 Å². The molecule has 10 heavy (non-hydrogen) atoms. The van der Waals surface area contributed by atoms with Crippen LogP contribution in [0.15, 0.2) is 0 Å². The highest BCUT2D eigenvalue weighted by molar-refractivity contribution is 5.67. The Morgan fingerprint density at radius 3 is 2.20 bits per heavy atom. The average molecular weight is 145 g/mol. The molecule has 0 bridgehead atoms. The van der Waals surface area contributed by atoms with E-state index < -0.39 is 0 Å². The first-order valence-corrected chi connectivity index (χ1v) is 3.42. The first-order chi connectivity index (χ1) is 4.57. The molecular formula is C7H15NO2. The van der Waals surface area contributed by atoms with Gasteiger partial charge in [0.1, 0.15) is 0 Å². The summed E-state index contributed by atoms with van der Waals surface area (Å²) in [5.41, 5.74) is 0. The Kier molecular flexibility index (Phi) is 3.84. The predicted octanol–water partition coefficient (Wildman–Crippen LogP) is 1.39. The zero-order valence-corrected chi connectivity index (χ0v) is 6.97. The zero-order valence-electron chi connectivity index (χ0n) is 6.97. The van der Waals surface area contributed by atoms with Crippen LogP contribution < -0.4 is 5.32 Å².